The van der Waals surface area contributed by atoms with Gasteiger partial charge in [0.2, 0.25) is 0 Å². The van der Waals surface area contributed by atoms with Crippen molar-refractivity contribution in [3.63, 3.8) is 0 Å². The van der Waals surface area contributed by atoms with Gasteiger partial charge in [0, 0.05) is 5.56 Å². The SMILES string of the molecule is O=C(O)CC[NH+]1CC[NH+](Cc2ccccc2)CC1. The maximum Gasteiger partial charge on any atom is 0.309 e. The molecule has 3 N–H and O–H groups in total. The molecule has 0 saturated carbocycles. The number of piperazine rings is 1. The first-order chi connectivity index (χ1) is 8.74. The highest BCUT2D eigenvalue weighted by Gasteiger charge is 2.23. The van der Waals surface area contributed by atoms with Crippen LogP contribution in [0.15, 0.2) is 30.3 Å². The molecule has 0 amide bonds. The number of nitrogens with one attached hydrogen (secondary N) is 2. The molecule has 0 radical (unpaired) electrons. The second kappa shape index (κ2) is 6.52. The van der Waals surface area contributed by atoms with Gasteiger partial charge in [-0.2, -0.15) is 0 Å². The monoisotopic (exact) mass is 250 g/mol. The summed E-state index contributed by atoms with van der Waals surface area (Å²) in [6.45, 7) is 6.33. The average Bonchev–Trinajstić information content (AvgIpc) is 2.39. The minimum Gasteiger partial charge on any atom is -0.481 e. The van der Waals surface area contributed by atoms with Gasteiger partial charge in [-0.15, -0.1) is 0 Å². The van der Waals surface area contributed by atoms with Crippen LogP contribution in [0.3, 0.4) is 0 Å². The van der Waals surface area contributed by atoms with Gasteiger partial charge in [0.1, 0.15) is 32.7 Å². The largest absolute Gasteiger partial charge is 0.481 e. The molecule has 0 atom stereocenters. The van der Waals surface area contributed by atoms with Gasteiger partial charge >= 0.3 is 5.97 Å². The van der Waals surface area contributed by atoms with Crippen LogP contribution in [-0.2, 0) is 11.3 Å². The molecule has 1 heterocycles. The van der Waals surface area contributed by atoms with E-state index in [1.807, 2.05) is 6.07 Å². The first-order valence-electron chi connectivity index (χ1n) is 6.67. The lowest BCUT2D eigenvalue weighted by Gasteiger charge is -2.29. The molecule has 4 heteroatoms. The van der Waals surface area contributed by atoms with E-state index in [1.165, 1.54) is 10.5 Å². The minimum atomic E-state index is -0.679. The molecule has 0 bridgehead atoms. The number of carbonyl (C=O) groups is 1. The van der Waals surface area contributed by atoms with E-state index in [0.717, 1.165) is 39.3 Å². The maximum absolute atomic E-state index is 10.5. The number of carboxylic acids is 1. The van der Waals surface area contributed by atoms with E-state index in [1.54, 1.807) is 4.90 Å². The van der Waals surface area contributed by atoms with Crippen molar-refractivity contribution in [1.82, 2.24) is 0 Å². The zero-order valence-electron chi connectivity index (χ0n) is 10.7. The molecule has 0 aliphatic carbocycles. The molecule has 1 saturated heterocycles. The molecule has 0 unspecified atom stereocenters. The molecular weight excluding hydrogens is 228 g/mol. The first kappa shape index (κ1) is 13.1. The molecular formula is C14H22N2O2+2. The smallest absolute Gasteiger partial charge is 0.309 e. The van der Waals surface area contributed by atoms with Crippen molar-refractivity contribution < 1.29 is 19.7 Å². The number of quaternary nitrogens is 2. The second-order valence-electron chi connectivity index (χ2n) is 5.06. The number of hydrogen-bond acceptors (Lipinski definition) is 1. The van der Waals surface area contributed by atoms with Crippen LogP contribution in [0.4, 0.5) is 0 Å². The average molecular weight is 250 g/mol. The Bertz CT molecular complexity index is 373. The van der Waals surface area contributed by atoms with E-state index < -0.39 is 5.97 Å². The molecule has 1 aliphatic rings. The summed E-state index contributed by atoms with van der Waals surface area (Å²) < 4.78 is 0. The van der Waals surface area contributed by atoms with Gasteiger partial charge in [0.25, 0.3) is 0 Å². The summed E-state index contributed by atoms with van der Waals surface area (Å²) in [4.78, 5) is 13.6. The summed E-state index contributed by atoms with van der Waals surface area (Å²) in [6, 6.07) is 10.6. The Morgan fingerprint density at radius 3 is 2.28 bits per heavy atom. The third kappa shape index (κ3) is 4.13. The summed E-state index contributed by atoms with van der Waals surface area (Å²) in [5.74, 6) is -0.679. The van der Waals surface area contributed by atoms with Crippen LogP contribution in [0, 0.1) is 0 Å². The Balaban J connectivity index is 1.72. The zero-order chi connectivity index (χ0) is 12.8. The quantitative estimate of drug-likeness (QED) is 0.592. The molecule has 1 aliphatic heterocycles. The van der Waals surface area contributed by atoms with Crippen LogP contribution < -0.4 is 9.80 Å². The van der Waals surface area contributed by atoms with Crippen molar-refractivity contribution in [2.45, 2.75) is 13.0 Å². The highest BCUT2D eigenvalue weighted by molar-refractivity contribution is 5.66. The Kier molecular flexibility index (Phi) is 4.73. The normalized spacial score (nSPS) is 23.8. The first-order valence-corrected chi connectivity index (χ1v) is 6.67. The second-order valence-corrected chi connectivity index (χ2v) is 5.06. The van der Waals surface area contributed by atoms with E-state index in [0.29, 0.717) is 6.42 Å². The summed E-state index contributed by atoms with van der Waals surface area (Å²) in [7, 11) is 0. The number of rotatable bonds is 5. The lowest BCUT2D eigenvalue weighted by Crippen LogP contribution is -3.27. The highest BCUT2D eigenvalue weighted by Crippen LogP contribution is 1.95. The minimum absolute atomic E-state index is 0.295. The Morgan fingerprint density at radius 1 is 1.06 bits per heavy atom. The molecule has 1 fully saturated rings. The summed E-state index contributed by atoms with van der Waals surface area (Å²) >= 11 is 0. The number of benzene rings is 1. The van der Waals surface area contributed by atoms with Gasteiger partial charge in [-0.1, -0.05) is 30.3 Å². The van der Waals surface area contributed by atoms with Gasteiger partial charge in [-0.3, -0.25) is 4.79 Å². The van der Waals surface area contributed by atoms with E-state index in [2.05, 4.69) is 24.3 Å². The van der Waals surface area contributed by atoms with Crippen molar-refractivity contribution in [2.24, 2.45) is 0 Å². The lowest BCUT2D eigenvalue weighted by molar-refractivity contribution is -1.02. The third-order valence-corrected chi connectivity index (χ3v) is 3.65. The van der Waals surface area contributed by atoms with Crippen LogP contribution in [0.2, 0.25) is 0 Å². The van der Waals surface area contributed by atoms with Crippen molar-refractivity contribution in [1.29, 1.82) is 0 Å². The highest BCUT2D eigenvalue weighted by atomic mass is 16.4. The fraction of sp³-hybridized carbons (Fsp3) is 0.500. The number of carboxylic acid groups (broad SMARTS) is 1. The summed E-state index contributed by atoms with van der Waals surface area (Å²) in [5, 5.41) is 8.67. The van der Waals surface area contributed by atoms with Crippen molar-refractivity contribution in [3.05, 3.63) is 35.9 Å². The van der Waals surface area contributed by atoms with Crippen LogP contribution in [0.5, 0.6) is 0 Å². The Hall–Kier alpha value is -1.39. The predicted octanol–water partition coefficient (Wildman–Crippen LogP) is -1.56. The van der Waals surface area contributed by atoms with Gasteiger partial charge in [-0.05, 0) is 0 Å². The van der Waals surface area contributed by atoms with E-state index in [9.17, 15) is 4.79 Å². The van der Waals surface area contributed by atoms with E-state index >= 15 is 0 Å². The summed E-state index contributed by atoms with van der Waals surface area (Å²) in [5.41, 5.74) is 1.39. The van der Waals surface area contributed by atoms with Crippen LogP contribution in [0.25, 0.3) is 0 Å². The van der Waals surface area contributed by atoms with Crippen LogP contribution >= 0.6 is 0 Å². The van der Waals surface area contributed by atoms with Crippen molar-refractivity contribution in [2.75, 3.05) is 32.7 Å². The number of aliphatic carboxylic acids is 1. The molecule has 1 aromatic carbocycles. The van der Waals surface area contributed by atoms with E-state index in [-0.39, 0.29) is 0 Å². The van der Waals surface area contributed by atoms with Gasteiger partial charge < -0.3 is 14.9 Å². The molecule has 0 aromatic heterocycles. The van der Waals surface area contributed by atoms with Crippen LogP contribution in [0.1, 0.15) is 12.0 Å². The van der Waals surface area contributed by atoms with Gasteiger partial charge in [-0.25, -0.2) is 0 Å². The molecule has 1 aromatic rings. The lowest BCUT2D eigenvalue weighted by atomic mass is 10.2. The standard InChI is InChI=1S/C14H20N2O2/c17-14(18)6-7-15-8-10-16(11-9-15)12-13-4-2-1-3-5-13/h1-5H,6-12H2,(H,17,18)/p+2. The fourth-order valence-corrected chi connectivity index (χ4v) is 2.55. The zero-order valence-corrected chi connectivity index (χ0v) is 10.7. The molecule has 18 heavy (non-hydrogen) atoms. The third-order valence-electron chi connectivity index (χ3n) is 3.65. The number of hydrogen-bond donors (Lipinski definition) is 3. The van der Waals surface area contributed by atoms with E-state index in [4.69, 9.17) is 5.11 Å². The predicted molar refractivity (Wildman–Crippen MR) is 68.7 cm³/mol. The molecule has 2 rings (SSSR count). The Labute approximate surface area is 108 Å². The maximum atomic E-state index is 10.5. The molecule has 98 valence electrons. The molecule has 0 spiro atoms. The Morgan fingerprint density at radius 2 is 1.67 bits per heavy atom. The van der Waals surface area contributed by atoms with Gasteiger partial charge in [0.15, 0.2) is 0 Å². The van der Waals surface area contributed by atoms with Gasteiger partial charge in [0.05, 0.1) is 13.0 Å². The fourth-order valence-electron chi connectivity index (χ4n) is 2.55. The molecule has 4 nitrogen and oxygen atoms in total. The summed E-state index contributed by atoms with van der Waals surface area (Å²) in [6.07, 6.45) is 0.295. The van der Waals surface area contributed by atoms with Crippen molar-refractivity contribution in [3.8, 4) is 0 Å². The van der Waals surface area contributed by atoms with Crippen LogP contribution in [-0.4, -0.2) is 43.8 Å². The topological polar surface area (TPSA) is 46.2 Å². The van der Waals surface area contributed by atoms with Crippen molar-refractivity contribution >= 4 is 5.97 Å².